The number of carbonyl (C=O) groups is 2. The van der Waals surface area contributed by atoms with E-state index < -0.39 is 0 Å². The average Bonchev–Trinajstić information content (AvgIpc) is 2.95. The van der Waals surface area contributed by atoms with E-state index in [4.69, 9.17) is 23.2 Å². The van der Waals surface area contributed by atoms with Gasteiger partial charge >= 0.3 is 0 Å². The van der Waals surface area contributed by atoms with E-state index in [1.165, 1.54) is 0 Å². The Balaban J connectivity index is 0.00000225. The summed E-state index contributed by atoms with van der Waals surface area (Å²) < 4.78 is 0. The lowest BCUT2D eigenvalue weighted by Gasteiger charge is -2.34. The maximum Gasteiger partial charge on any atom is 0.228 e. The highest BCUT2D eigenvalue weighted by atomic mass is 35.5. The second-order valence-electron chi connectivity index (χ2n) is 6.45. The number of carbonyl (C=O) groups excluding carboxylic acids is 2. The topological polar surface area (TPSA) is 52.7 Å². The van der Waals surface area contributed by atoms with Crippen LogP contribution in [0.1, 0.15) is 19.3 Å². The summed E-state index contributed by atoms with van der Waals surface area (Å²) in [6.45, 7) is 1.86. The number of piperidine rings is 1. The number of amides is 2. The third-order valence-electron chi connectivity index (χ3n) is 4.77. The number of likely N-dealkylation sites (tertiary alicyclic amines) is 1. The summed E-state index contributed by atoms with van der Waals surface area (Å²) in [4.78, 5) is 28.7. The third-order valence-corrected chi connectivity index (χ3v) is 5.21. The molecule has 8 heteroatoms. The first-order valence-electron chi connectivity index (χ1n) is 8.20. The van der Waals surface area contributed by atoms with Crippen molar-refractivity contribution < 1.29 is 9.59 Å². The van der Waals surface area contributed by atoms with Gasteiger partial charge in [-0.2, -0.15) is 0 Å². The van der Waals surface area contributed by atoms with Crippen molar-refractivity contribution in [2.24, 2.45) is 5.92 Å². The highest BCUT2D eigenvalue weighted by Gasteiger charge is 2.38. The van der Waals surface area contributed by atoms with Crippen LogP contribution in [0.5, 0.6) is 0 Å². The molecule has 2 aliphatic rings. The van der Waals surface area contributed by atoms with Gasteiger partial charge in [0.2, 0.25) is 11.8 Å². The minimum Gasteiger partial charge on any atom is -0.341 e. The normalized spacial score (nSPS) is 23.6. The standard InChI is InChI=1S/C17H21Cl2N3O2.ClH/c1-20-14-3-2-4-21(10-14)17(24)11-5-16(23)22(9-11)15-7-12(18)6-13(19)8-15;/h6-8,11,14,20H,2-5,9-10H2,1H3;1H. The summed E-state index contributed by atoms with van der Waals surface area (Å²) in [5, 5.41) is 4.19. The van der Waals surface area contributed by atoms with Crippen LogP contribution in [-0.4, -0.2) is 49.4 Å². The molecule has 0 aromatic heterocycles. The molecule has 3 rings (SSSR count). The highest BCUT2D eigenvalue weighted by molar-refractivity contribution is 6.35. The Morgan fingerprint density at radius 2 is 1.88 bits per heavy atom. The Kier molecular flexibility index (Phi) is 6.97. The van der Waals surface area contributed by atoms with Crippen molar-refractivity contribution in [3.8, 4) is 0 Å². The van der Waals surface area contributed by atoms with Crippen molar-refractivity contribution >= 4 is 53.1 Å². The van der Waals surface area contributed by atoms with Crippen molar-refractivity contribution in [1.82, 2.24) is 10.2 Å². The number of halogens is 3. The molecule has 5 nitrogen and oxygen atoms in total. The SMILES string of the molecule is CNC1CCCN(C(=O)C2CC(=O)N(c3cc(Cl)cc(Cl)c3)C2)C1.Cl. The van der Waals surface area contributed by atoms with E-state index in [0.29, 0.717) is 34.9 Å². The summed E-state index contributed by atoms with van der Waals surface area (Å²) in [6.07, 6.45) is 2.31. The summed E-state index contributed by atoms with van der Waals surface area (Å²) in [7, 11) is 1.92. The van der Waals surface area contributed by atoms with Crippen LogP contribution in [0.25, 0.3) is 0 Å². The minimum atomic E-state index is -0.300. The number of hydrogen-bond donors (Lipinski definition) is 1. The van der Waals surface area contributed by atoms with Crippen LogP contribution in [0.4, 0.5) is 5.69 Å². The van der Waals surface area contributed by atoms with E-state index in [1.54, 1.807) is 23.1 Å². The van der Waals surface area contributed by atoms with Gasteiger partial charge in [0.25, 0.3) is 0 Å². The molecule has 1 aromatic rings. The molecule has 2 amide bonds. The van der Waals surface area contributed by atoms with Gasteiger partial charge in [0.1, 0.15) is 0 Å². The molecule has 2 unspecified atom stereocenters. The molecule has 0 bridgehead atoms. The smallest absolute Gasteiger partial charge is 0.228 e. The summed E-state index contributed by atoms with van der Waals surface area (Å²) in [6, 6.07) is 5.37. The van der Waals surface area contributed by atoms with Gasteiger partial charge in [-0.15, -0.1) is 12.4 Å². The van der Waals surface area contributed by atoms with Crippen LogP contribution in [-0.2, 0) is 9.59 Å². The van der Waals surface area contributed by atoms with Crippen molar-refractivity contribution in [3.63, 3.8) is 0 Å². The second-order valence-corrected chi connectivity index (χ2v) is 7.32. The van der Waals surface area contributed by atoms with Crippen LogP contribution < -0.4 is 10.2 Å². The fourth-order valence-electron chi connectivity index (χ4n) is 3.49. The number of benzene rings is 1. The number of anilines is 1. The molecule has 1 N–H and O–H groups in total. The molecule has 0 aliphatic carbocycles. The Morgan fingerprint density at radius 3 is 2.52 bits per heavy atom. The monoisotopic (exact) mass is 405 g/mol. The summed E-state index contributed by atoms with van der Waals surface area (Å²) in [5.41, 5.74) is 0.652. The Bertz CT molecular complexity index is 636. The molecule has 1 aromatic carbocycles. The molecular weight excluding hydrogens is 385 g/mol. The maximum atomic E-state index is 12.8. The molecule has 2 heterocycles. The zero-order valence-corrected chi connectivity index (χ0v) is 16.3. The van der Waals surface area contributed by atoms with Crippen LogP contribution >= 0.6 is 35.6 Å². The molecule has 2 atom stereocenters. The van der Waals surface area contributed by atoms with Gasteiger partial charge < -0.3 is 15.1 Å². The maximum absolute atomic E-state index is 12.8. The molecule has 2 fully saturated rings. The summed E-state index contributed by atoms with van der Waals surface area (Å²) in [5.74, 6) is -0.293. The van der Waals surface area contributed by atoms with Gasteiger partial charge in [-0.1, -0.05) is 23.2 Å². The van der Waals surface area contributed by atoms with Gasteiger partial charge in [-0.3, -0.25) is 9.59 Å². The lowest BCUT2D eigenvalue weighted by atomic mass is 10.0. The van der Waals surface area contributed by atoms with Crippen LogP contribution in [0.3, 0.4) is 0 Å². The minimum absolute atomic E-state index is 0. The number of nitrogens with one attached hydrogen (secondary N) is 1. The quantitative estimate of drug-likeness (QED) is 0.839. The van der Waals surface area contributed by atoms with Gasteiger partial charge in [0.15, 0.2) is 0 Å². The van der Waals surface area contributed by atoms with Gasteiger partial charge in [0.05, 0.1) is 5.92 Å². The molecule has 2 aliphatic heterocycles. The molecule has 0 radical (unpaired) electrons. The van der Waals surface area contributed by atoms with E-state index in [1.807, 2.05) is 11.9 Å². The molecular formula is C17H22Cl3N3O2. The van der Waals surface area contributed by atoms with Crippen LogP contribution in [0.2, 0.25) is 10.0 Å². The van der Waals surface area contributed by atoms with Crippen LogP contribution in [0.15, 0.2) is 18.2 Å². The van der Waals surface area contributed by atoms with Crippen molar-refractivity contribution in [2.75, 3.05) is 31.6 Å². The highest BCUT2D eigenvalue weighted by Crippen LogP contribution is 2.31. The van der Waals surface area contributed by atoms with E-state index in [-0.39, 0.29) is 36.6 Å². The van der Waals surface area contributed by atoms with Gasteiger partial charge in [-0.25, -0.2) is 0 Å². The fraction of sp³-hybridized carbons (Fsp3) is 0.529. The molecule has 138 valence electrons. The second kappa shape index (κ2) is 8.58. The number of nitrogens with zero attached hydrogens (tertiary/aromatic N) is 2. The van der Waals surface area contributed by atoms with Gasteiger partial charge in [-0.05, 0) is 38.1 Å². The molecule has 25 heavy (non-hydrogen) atoms. The van der Waals surface area contributed by atoms with Gasteiger partial charge in [0, 0.05) is 47.8 Å². The van der Waals surface area contributed by atoms with Crippen molar-refractivity contribution in [1.29, 1.82) is 0 Å². The number of hydrogen-bond acceptors (Lipinski definition) is 3. The Labute approximate surface area is 164 Å². The van der Waals surface area contributed by atoms with Crippen molar-refractivity contribution in [3.05, 3.63) is 28.2 Å². The number of likely N-dealkylation sites (N-methyl/N-ethyl adjacent to an activating group) is 1. The first-order chi connectivity index (χ1) is 11.5. The van der Waals surface area contributed by atoms with Crippen molar-refractivity contribution in [2.45, 2.75) is 25.3 Å². The third kappa shape index (κ3) is 4.59. The molecule has 0 saturated carbocycles. The average molecular weight is 407 g/mol. The largest absolute Gasteiger partial charge is 0.341 e. The predicted molar refractivity (Wildman–Crippen MR) is 103 cm³/mol. The summed E-state index contributed by atoms with van der Waals surface area (Å²) >= 11 is 12.0. The van der Waals surface area contributed by atoms with E-state index in [2.05, 4.69) is 5.32 Å². The molecule has 0 spiro atoms. The first kappa shape index (κ1) is 20.3. The fourth-order valence-corrected chi connectivity index (χ4v) is 4.00. The molecule has 2 saturated heterocycles. The van der Waals surface area contributed by atoms with E-state index in [9.17, 15) is 9.59 Å². The lowest BCUT2D eigenvalue weighted by Crippen LogP contribution is -2.49. The van der Waals surface area contributed by atoms with Crippen LogP contribution in [0, 0.1) is 5.92 Å². The van der Waals surface area contributed by atoms with E-state index >= 15 is 0 Å². The van der Waals surface area contributed by atoms with E-state index in [0.717, 1.165) is 19.4 Å². The Morgan fingerprint density at radius 1 is 1.20 bits per heavy atom. The first-order valence-corrected chi connectivity index (χ1v) is 8.96. The zero-order valence-electron chi connectivity index (χ0n) is 14.0. The zero-order chi connectivity index (χ0) is 17.3. The predicted octanol–water partition coefficient (Wildman–Crippen LogP) is 2.98. The lowest BCUT2D eigenvalue weighted by molar-refractivity contribution is -0.137. The Hall–Kier alpha value is -1.01. The number of rotatable bonds is 3.